The number of rotatable bonds is 14. The number of likely N-dealkylation sites (tertiary alicyclic amines) is 1. The summed E-state index contributed by atoms with van der Waals surface area (Å²) in [5.74, 6) is 1.07. The molecule has 0 atom stereocenters. The van der Waals surface area contributed by atoms with Gasteiger partial charge in [0.25, 0.3) is 0 Å². The van der Waals surface area contributed by atoms with Gasteiger partial charge < -0.3 is 33.6 Å². The molecule has 2 aromatic rings. The zero-order chi connectivity index (χ0) is 28.2. The van der Waals surface area contributed by atoms with Gasteiger partial charge in [-0.05, 0) is 48.9 Å². The van der Waals surface area contributed by atoms with Gasteiger partial charge in [-0.1, -0.05) is 30.3 Å². The van der Waals surface area contributed by atoms with Crippen molar-refractivity contribution >= 4 is 11.7 Å². The number of amides is 1. The van der Waals surface area contributed by atoms with Crippen molar-refractivity contribution in [2.24, 2.45) is 0 Å². The van der Waals surface area contributed by atoms with E-state index in [4.69, 9.17) is 18.9 Å². The third kappa shape index (κ3) is 8.97. The van der Waals surface area contributed by atoms with Crippen LogP contribution in [0.25, 0.3) is 0 Å². The molecule has 2 fully saturated rings. The maximum atomic E-state index is 12.2. The van der Waals surface area contributed by atoms with E-state index in [1.165, 1.54) is 11.1 Å². The standard InChI is InChI=1S/C31H46N4O5/c1-33(24-30(37-2)38-3)29(36)13-22-39-21-12-27-9-7-26(8-10-27)11-17-34-18-14-31(15-19-34)25-35(20-23-40-31)28-6-4-5-16-32-28/h4-10,16,30H,11-15,17-25H2,1-3H3. The number of methoxy groups -OCH3 is 2. The molecule has 2 aliphatic heterocycles. The fraction of sp³-hybridized carbons (Fsp3) is 0.613. The van der Waals surface area contributed by atoms with Gasteiger partial charge in [-0.2, -0.15) is 0 Å². The van der Waals surface area contributed by atoms with Crippen molar-refractivity contribution in [2.45, 2.75) is 44.0 Å². The van der Waals surface area contributed by atoms with Gasteiger partial charge in [-0.3, -0.25) is 4.79 Å². The summed E-state index contributed by atoms with van der Waals surface area (Å²) in [6, 6.07) is 15.0. The summed E-state index contributed by atoms with van der Waals surface area (Å²) >= 11 is 0. The van der Waals surface area contributed by atoms with Crippen molar-refractivity contribution in [2.75, 3.05) is 85.3 Å². The van der Waals surface area contributed by atoms with Crippen LogP contribution in [0.3, 0.4) is 0 Å². The largest absolute Gasteiger partial charge is 0.381 e. The third-order valence-corrected chi connectivity index (χ3v) is 8.10. The molecule has 9 nitrogen and oxygen atoms in total. The van der Waals surface area contributed by atoms with Crippen LogP contribution in [-0.4, -0.2) is 113 Å². The van der Waals surface area contributed by atoms with Crippen molar-refractivity contribution in [1.82, 2.24) is 14.8 Å². The van der Waals surface area contributed by atoms with E-state index >= 15 is 0 Å². The van der Waals surface area contributed by atoms with Crippen molar-refractivity contribution in [3.8, 4) is 0 Å². The molecule has 0 aliphatic carbocycles. The van der Waals surface area contributed by atoms with Gasteiger partial charge in [0, 0.05) is 60.2 Å². The molecular weight excluding hydrogens is 508 g/mol. The molecule has 0 saturated carbocycles. The Balaban J connectivity index is 1.10. The molecule has 4 rings (SSSR count). The van der Waals surface area contributed by atoms with E-state index in [1.54, 1.807) is 26.2 Å². The molecule has 1 aromatic carbocycles. The van der Waals surface area contributed by atoms with Gasteiger partial charge in [0.1, 0.15) is 5.82 Å². The first kappa shape index (κ1) is 30.4. The monoisotopic (exact) mass is 554 g/mol. The summed E-state index contributed by atoms with van der Waals surface area (Å²) in [5.41, 5.74) is 2.57. The van der Waals surface area contributed by atoms with Crippen molar-refractivity contribution < 1.29 is 23.7 Å². The van der Waals surface area contributed by atoms with Crippen molar-refractivity contribution in [3.05, 3.63) is 59.8 Å². The first-order chi connectivity index (χ1) is 19.5. The Hall–Kier alpha value is -2.56. The third-order valence-electron chi connectivity index (χ3n) is 8.10. The van der Waals surface area contributed by atoms with Crippen LogP contribution in [0.2, 0.25) is 0 Å². The van der Waals surface area contributed by atoms with Gasteiger partial charge in [-0.25, -0.2) is 4.98 Å². The zero-order valence-corrected chi connectivity index (χ0v) is 24.4. The molecule has 2 saturated heterocycles. The fourth-order valence-corrected chi connectivity index (χ4v) is 5.44. The Morgan fingerprint density at radius 1 is 1.02 bits per heavy atom. The number of anilines is 1. The van der Waals surface area contributed by atoms with E-state index < -0.39 is 6.29 Å². The Labute approximate surface area is 239 Å². The Morgan fingerprint density at radius 2 is 1.75 bits per heavy atom. The highest BCUT2D eigenvalue weighted by Gasteiger charge is 2.39. The number of hydrogen-bond donors (Lipinski definition) is 0. The summed E-state index contributed by atoms with van der Waals surface area (Å²) in [6.45, 7) is 7.24. The van der Waals surface area contributed by atoms with Crippen LogP contribution in [0.1, 0.15) is 30.4 Å². The minimum Gasteiger partial charge on any atom is -0.381 e. The van der Waals surface area contributed by atoms with Gasteiger partial charge in [-0.15, -0.1) is 0 Å². The highest BCUT2D eigenvalue weighted by Crippen LogP contribution is 2.31. The van der Waals surface area contributed by atoms with Crippen molar-refractivity contribution in [3.63, 3.8) is 0 Å². The molecule has 1 spiro atoms. The summed E-state index contributed by atoms with van der Waals surface area (Å²) in [4.78, 5) is 23.3. The zero-order valence-electron chi connectivity index (χ0n) is 24.4. The Kier molecular flexibility index (Phi) is 11.7. The van der Waals surface area contributed by atoms with Crippen LogP contribution in [0.5, 0.6) is 0 Å². The van der Waals surface area contributed by atoms with Gasteiger partial charge >= 0.3 is 0 Å². The van der Waals surface area contributed by atoms with Crippen LogP contribution in [0, 0.1) is 0 Å². The highest BCUT2D eigenvalue weighted by molar-refractivity contribution is 5.75. The maximum Gasteiger partial charge on any atom is 0.224 e. The number of likely N-dealkylation sites (N-methyl/N-ethyl adjacent to an activating group) is 1. The molecule has 0 unspecified atom stereocenters. The quantitative estimate of drug-likeness (QED) is 0.261. The van der Waals surface area contributed by atoms with Crippen LogP contribution in [0.15, 0.2) is 48.7 Å². The molecule has 9 heteroatoms. The second kappa shape index (κ2) is 15.4. The second-order valence-corrected chi connectivity index (χ2v) is 10.8. The molecule has 3 heterocycles. The number of aromatic nitrogens is 1. The number of carbonyl (C=O) groups is 1. The molecule has 1 aromatic heterocycles. The lowest BCUT2D eigenvalue weighted by molar-refractivity contribution is -0.143. The molecular formula is C31H46N4O5. The number of morpholine rings is 1. The van der Waals surface area contributed by atoms with E-state index in [1.807, 2.05) is 12.3 Å². The van der Waals surface area contributed by atoms with Crippen LogP contribution in [-0.2, 0) is 36.6 Å². The van der Waals surface area contributed by atoms with Gasteiger partial charge in [0.2, 0.25) is 5.91 Å². The predicted molar refractivity (Wildman–Crippen MR) is 156 cm³/mol. The van der Waals surface area contributed by atoms with E-state index in [-0.39, 0.29) is 11.5 Å². The fourth-order valence-electron chi connectivity index (χ4n) is 5.44. The van der Waals surface area contributed by atoms with Gasteiger partial charge in [0.15, 0.2) is 6.29 Å². The molecule has 1 amide bonds. The average Bonchev–Trinajstić information content (AvgIpc) is 3.00. The summed E-state index contributed by atoms with van der Waals surface area (Å²) in [6.07, 6.45) is 5.83. The predicted octanol–water partition coefficient (Wildman–Crippen LogP) is 3.02. The summed E-state index contributed by atoms with van der Waals surface area (Å²) in [5, 5.41) is 0. The average molecular weight is 555 g/mol. The first-order valence-corrected chi connectivity index (χ1v) is 14.5. The molecule has 0 radical (unpaired) electrons. The number of nitrogens with zero attached hydrogens (tertiary/aromatic N) is 4. The number of hydrogen-bond acceptors (Lipinski definition) is 8. The lowest BCUT2D eigenvalue weighted by atomic mass is 9.89. The highest BCUT2D eigenvalue weighted by atomic mass is 16.7. The smallest absolute Gasteiger partial charge is 0.224 e. The van der Waals surface area contributed by atoms with E-state index in [9.17, 15) is 4.79 Å². The van der Waals surface area contributed by atoms with Crippen LogP contribution >= 0.6 is 0 Å². The minimum atomic E-state index is -0.412. The topological polar surface area (TPSA) is 76.6 Å². The Morgan fingerprint density at radius 3 is 2.42 bits per heavy atom. The van der Waals surface area contributed by atoms with Gasteiger partial charge in [0.05, 0.1) is 38.4 Å². The van der Waals surface area contributed by atoms with Crippen LogP contribution in [0.4, 0.5) is 5.82 Å². The van der Waals surface area contributed by atoms with E-state index in [0.29, 0.717) is 26.2 Å². The SMILES string of the molecule is COC(CN(C)C(=O)CCOCCc1ccc(CCN2CCC3(CC2)CN(c2ccccn2)CCO3)cc1)OC. The molecule has 2 aliphatic rings. The maximum absolute atomic E-state index is 12.2. The first-order valence-electron chi connectivity index (χ1n) is 14.5. The molecule has 0 bridgehead atoms. The van der Waals surface area contributed by atoms with E-state index in [2.05, 4.69) is 51.2 Å². The lowest BCUT2D eigenvalue weighted by Crippen LogP contribution is -2.57. The number of benzene rings is 1. The molecule has 40 heavy (non-hydrogen) atoms. The number of ether oxygens (including phenoxy) is 4. The van der Waals surface area contributed by atoms with Crippen molar-refractivity contribution in [1.29, 1.82) is 0 Å². The lowest BCUT2D eigenvalue weighted by Gasteiger charge is -2.47. The second-order valence-electron chi connectivity index (χ2n) is 10.8. The normalized spacial score (nSPS) is 17.4. The number of pyridine rings is 1. The minimum absolute atomic E-state index is 0.0186. The Bertz CT molecular complexity index is 1010. The number of piperidine rings is 1. The molecule has 220 valence electrons. The molecule has 0 N–H and O–H groups in total. The van der Waals surface area contributed by atoms with E-state index in [0.717, 1.165) is 70.8 Å². The summed E-state index contributed by atoms with van der Waals surface area (Å²) in [7, 11) is 4.88. The number of carbonyl (C=O) groups excluding carboxylic acids is 1. The summed E-state index contributed by atoms with van der Waals surface area (Å²) < 4.78 is 22.4. The van der Waals surface area contributed by atoms with Crippen LogP contribution < -0.4 is 4.90 Å².